The average Bonchev–Trinajstić information content (AvgIpc) is 2.08. The summed E-state index contributed by atoms with van der Waals surface area (Å²) in [5, 5.41) is 0. The fourth-order valence-electron chi connectivity index (χ4n) is 0.959. The SMILES string of the molecule is NCc1[nH]cc(I)c(=O)c1C(F)F. The van der Waals surface area contributed by atoms with Crippen LogP contribution in [0.4, 0.5) is 8.78 Å². The van der Waals surface area contributed by atoms with Crippen molar-refractivity contribution in [3.8, 4) is 0 Å². The molecule has 0 aliphatic heterocycles. The number of aromatic amines is 1. The molecule has 0 spiro atoms. The number of nitrogens with one attached hydrogen (secondary N) is 1. The standard InChI is InChI=1S/C7H7F2IN2O/c8-7(9)5-4(1-11)12-2-3(10)6(5)13/h2,7H,1,11H2,(H,12,13). The second-order valence-electron chi connectivity index (χ2n) is 2.36. The van der Waals surface area contributed by atoms with Gasteiger partial charge in [-0.3, -0.25) is 4.79 Å². The van der Waals surface area contributed by atoms with Crippen molar-refractivity contribution >= 4 is 22.6 Å². The lowest BCUT2D eigenvalue weighted by molar-refractivity contribution is 0.148. The zero-order valence-electron chi connectivity index (χ0n) is 6.48. The molecular formula is C7H7F2IN2O. The van der Waals surface area contributed by atoms with Gasteiger partial charge in [0.1, 0.15) is 0 Å². The number of aromatic nitrogens is 1. The van der Waals surface area contributed by atoms with Gasteiger partial charge in [0.05, 0.1) is 9.13 Å². The van der Waals surface area contributed by atoms with Gasteiger partial charge in [-0.2, -0.15) is 0 Å². The van der Waals surface area contributed by atoms with Gasteiger partial charge in [-0.25, -0.2) is 8.78 Å². The Morgan fingerprint density at radius 1 is 1.62 bits per heavy atom. The third-order valence-electron chi connectivity index (χ3n) is 1.58. The number of alkyl halides is 2. The van der Waals surface area contributed by atoms with Crippen LogP contribution in [-0.4, -0.2) is 4.98 Å². The molecule has 0 bridgehead atoms. The number of rotatable bonds is 2. The minimum atomic E-state index is -2.78. The summed E-state index contributed by atoms with van der Waals surface area (Å²) in [5.41, 5.74) is 4.14. The van der Waals surface area contributed by atoms with Crippen molar-refractivity contribution in [2.24, 2.45) is 5.73 Å². The Morgan fingerprint density at radius 3 is 2.69 bits per heavy atom. The summed E-state index contributed by atoms with van der Waals surface area (Å²) in [7, 11) is 0. The second kappa shape index (κ2) is 4.14. The molecule has 6 heteroatoms. The molecule has 72 valence electrons. The lowest BCUT2D eigenvalue weighted by Gasteiger charge is -2.05. The van der Waals surface area contributed by atoms with Crippen LogP contribution in [0.25, 0.3) is 0 Å². The average molecular weight is 300 g/mol. The summed E-state index contributed by atoms with van der Waals surface area (Å²) >= 11 is 1.70. The highest BCUT2D eigenvalue weighted by Gasteiger charge is 2.18. The smallest absolute Gasteiger partial charge is 0.269 e. The van der Waals surface area contributed by atoms with E-state index in [9.17, 15) is 13.6 Å². The summed E-state index contributed by atoms with van der Waals surface area (Å²) in [5.74, 6) is 0. The van der Waals surface area contributed by atoms with Crippen molar-refractivity contribution in [2.45, 2.75) is 13.0 Å². The third kappa shape index (κ3) is 2.05. The van der Waals surface area contributed by atoms with Crippen molar-refractivity contribution in [3.05, 3.63) is 31.2 Å². The molecule has 0 aromatic carbocycles. The van der Waals surface area contributed by atoms with Crippen LogP contribution in [0, 0.1) is 3.57 Å². The maximum absolute atomic E-state index is 12.4. The molecule has 1 aromatic rings. The van der Waals surface area contributed by atoms with Gasteiger partial charge in [0.25, 0.3) is 6.43 Å². The topological polar surface area (TPSA) is 58.9 Å². The van der Waals surface area contributed by atoms with E-state index in [-0.39, 0.29) is 15.8 Å². The Hall–Kier alpha value is -0.500. The van der Waals surface area contributed by atoms with Crippen LogP contribution in [0.15, 0.2) is 11.0 Å². The maximum Gasteiger partial charge on any atom is 0.269 e. The fraction of sp³-hybridized carbons (Fsp3) is 0.286. The Labute approximate surface area is 86.5 Å². The quantitative estimate of drug-likeness (QED) is 0.811. The van der Waals surface area contributed by atoms with E-state index in [0.29, 0.717) is 0 Å². The summed E-state index contributed by atoms with van der Waals surface area (Å²) in [6.45, 7) is -0.0914. The molecule has 3 N–H and O–H groups in total. The Kier molecular flexibility index (Phi) is 3.37. The first kappa shape index (κ1) is 10.6. The van der Waals surface area contributed by atoms with Crippen LogP contribution >= 0.6 is 22.6 Å². The lowest BCUT2D eigenvalue weighted by Crippen LogP contribution is -2.19. The summed E-state index contributed by atoms with van der Waals surface area (Å²) < 4.78 is 25.0. The molecule has 3 nitrogen and oxygen atoms in total. The predicted octanol–water partition coefficient (Wildman–Crippen LogP) is 1.38. The molecule has 13 heavy (non-hydrogen) atoms. The summed E-state index contributed by atoms with van der Waals surface area (Å²) in [6.07, 6.45) is -1.41. The van der Waals surface area contributed by atoms with Crippen molar-refractivity contribution in [2.75, 3.05) is 0 Å². The first-order chi connectivity index (χ1) is 6.07. The van der Waals surface area contributed by atoms with Gasteiger partial charge in [0, 0.05) is 18.4 Å². The van der Waals surface area contributed by atoms with Crippen molar-refractivity contribution in [3.63, 3.8) is 0 Å². The Bertz CT molecular complexity index is 364. The molecule has 0 amide bonds. The highest BCUT2D eigenvalue weighted by Crippen LogP contribution is 2.18. The molecule has 0 aliphatic rings. The zero-order chi connectivity index (χ0) is 10.0. The van der Waals surface area contributed by atoms with Crippen LogP contribution in [0.5, 0.6) is 0 Å². The maximum atomic E-state index is 12.4. The molecule has 0 fully saturated rings. The molecular weight excluding hydrogens is 293 g/mol. The first-order valence-corrected chi connectivity index (χ1v) is 4.54. The zero-order valence-corrected chi connectivity index (χ0v) is 8.64. The number of halogens is 3. The van der Waals surface area contributed by atoms with E-state index in [1.807, 2.05) is 0 Å². The van der Waals surface area contributed by atoms with Crippen LogP contribution in [0.2, 0.25) is 0 Å². The number of H-pyrrole nitrogens is 1. The van der Waals surface area contributed by atoms with Crippen molar-refractivity contribution in [1.82, 2.24) is 4.98 Å². The van der Waals surface area contributed by atoms with E-state index >= 15 is 0 Å². The Morgan fingerprint density at radius 2 is 2.23 bits per heavy atom. The number of hydrogen-bond donors (Lipinski definition) is 2. The number of nitrogens with two attached hydrogens (primary N) is 1. The number of hydrogen-bond acceptors (Lipinski definition) is 2. The molecule has 1 heterocycles. The number of pyridine rings is 1. The highest BCUT2D eigenvalue weighted by atomic mass is 127. The molecule has 0 unspecified atom stereocenters. The van der Waals surface area contributed by atoms with Gasteiger partial charge < -0.3 is 10.7 Å². The summed E-state index contributed by atoms with van der Waals surface area (Å²) in [4.78, 5) is 13.8. The molecule has 0 atom stereocenters. The summed E-state index contributed by atoms with van der Waals surface area (Å²) in [6, 6.07) is 0. The van der Waals surface area contributed by atoms with E-state index in [1.165, 1.54) is 6.20 Å². The van der Waals surface area contributed by atoms with E-state index in [4.69, 9.17) is 5.73 Å². The largest absolute Gasteiger partial charge is 0.362 e. The van der Waals surface area contributed by atoms with Crippen LogP contribution < -0.4 is 11.2 Å². The normalized spacial score (nSPS) is 10.8. The molecule has 0 saturated carbocycles. The van der Waals surface area contributed by atoms with Gasteiger partial charge in [0.15, 0.2) is 0 Å². The lowest BCUT2D eigenvalue weighted by atomic mass is 10.2. The van der Waals surface area contributed by atoms with Crippen molar-refractivity contribution in [1.29, 1.82) is 0 Å². The fourth-order valence-corrected chi connectivity index (χ4v) is 1.41. The molecule has 1 rings (SSSR count). The minimum Gasteiger partial charge on any atom is -0.362 e. The molecule has 0 saturated heterocycles. The first-order valence-electron chi connectivity index (χ1n) is 3.46. The van der Waals surface area contributed by atoms with E-state index in [0.717, 1.165) is 0 Å². The minimum absolute atomic E-state index is 0.0914. The van der Waals surface area contributed by atoms with Gasteiger partial charge in [0.2, 0.25) is 5.43 Å². The van der Waals surface area contributed by atoms with E-state index < -0.39 is 17.4 Å². The van der Waals surface area contributed by atoms with Crippen LogP contribution in [0.3, 0.4) is 0 Å². The third-order valence-corrected chi connectivity index (χ3v) is 2.38. The molecule has 0 aliphatic carbocycles. The van der Waals surface area contributed by atoms with Crippen LogP contribution in [-0.2, 0) is 6.54 Å². The monoisotopic (exact) mass is 300 g/mol. The van der Waals surface area contributed by atoms with Gasteiger partial charge >= 0.3 is 0 Å². The van der Waals surface area contributed by atoms with Gasteiger partial charge in [-0.05, 0) is 22.6 Å². The highest BCUT2D eigenvalue weighted by molar-refractivity contribution is 14.1. The van der Waals surface area contributed by atoms with Crippen molar-refractivity contribution < 1.29 is 8.78 Å². The molecule has 0 radical (unpaired) electrons. The Balaban J connectivity index is 3.42. The molecule has 1 aromatic heterocycles. The second-order valence-corrected chi connectivity index (χ2v) is 3.52. The van der Waals surface area contributed by atoms with Crippen LogP contribution in [0.1, 0.15) is 17.7 Å². The van der Waals surface area contributed by atoms with Gasteiger partial charge in [-0.1, -0.05) is 0 Å². The van der Waals surface area contributed by atoms with E-state index in [1.54, 1.807) is 22.6 Å². The van der Waals surface area contributed by atoms with Gasteiger partial charge in [-0.15, -0.1) is 0 Å². The predicted molar refractivity (Wildman–Crippen MR) is 52.6 cm³/mol. The van der Waals surface area contributed by atoms with E-state index in [2.05, 4.69) is 4.98 Å².